The molecule has 0 spiro atoms. The Labute approximate surface area is 216 Å². The lowest BCUT2D eigenvalue weighted by Crippen LogP contribution is -2.49. The number of ether oxygens (including phenoxy) is 2. The van der Waals surface area contributed by atoms with Crippen LogP contribution in [0.15, 0.2) is 53.4 Å². The van der Waals surface area contributed by atoms with E-state index in [0.29, 0.717) is 70.6 Å². The quantitative estimate of drug-likeness (QED) is 0.408. The molecule has 2 heterocycles. The van der Waals surface area contributed by atoms with E-state index in [9.17, 15) is 8.42 Å². The predicted molar refractivity (Wildman–Crippen MR) is 146 cm³/mol. The van der Waals surface area contributed by atoms with E-state index in [4.69, 9.17) is 15.2 Å². The number of nitrogen functional groups attached to an aromatic ring is 1. The molecule has 0 radical (unpaired) electrons. The van der Waals surface area contributed by atoms with Crippen molar-refractivity contribution in [3.63, 3.8) is 0 Å². The summed E-state index contributed by atoms with van der Waals surface area (Å²) in [5.74, 6) is 1.86. The van der Waals surface area contributed by atoms with E-state index in [1.807, 2.05) is 48.2 Å². The molecule has 0 aliphatic carbocycles. The van der Waals surface area contributed by atoms with Crippen molar-refractivity contribution >= 4 is 49.2 Å². The topological polar surface area (TPSA) is 114 Å². The molecule has 1 aliphatic rings. The monoisotopic (exact) mass is 522 g/mol. The number of rotatable bonds is 6. The van der Waals surface area contributed by atoms with Crippen LogP contribution in [0.25, 0.3) is 21.7 Å². The molecule has 1 fully saturated rings. The van der Waals surface area contributed by atoms with Gasteiger partial charge >= 0.3 is 0 Å². The molecule has 194 valence electrons. The number of hydrogen-bond acceptors (Lipinski definition) is 9. The second kappa shape index (κ2) is 9.56. The number of piperazine rings is 1. The average Bonchev–Trinajstić information content (AvgIpc) is 2.91. The largest absolute Gasteiger partial charge is 0.493 e. The summed E-state index contributed by atoms with van der Waals surface area (Å²) in [5, 5.41) is 2.28. The lowest BCUT2D eigenvalue weighted by molar-refractivity contribution is 0.356. The second-order valence-corrected chi connectivity index (χ2v) is 11.0. The number of anilines is 3. The molecule has 0 amide bonds. The first-order chi connectivity index (χ1) is 17.7. The Morgan fingerprint density at radius 3 is 2.19 bits per heavy atom. The van der Waals surface area contributed by atoms with Gasteiger partial charge in [-0.2, -0.15) is 9.29 Å². The van der Waals surface area contributed by atoms with Gasteiger partial charge in [0.2, 0.25) is 16.0 Å². The Bertz CT molecular complexity index is 1580. The van der Waals surface area contributed by atoms with Crippen LogP contribution in [0.1, 0.15) is 0 Å². The van der Waals surface area contributed by atoms with Gasteiger partial charge in [0, 0.05) is 68.2 Å². The minimum absolute atomic E-state index is 0.305. The molecule has 0 atom stereocenters. The maximum absolute atomic E-state index is 13.7. The van der Waals surface area contributed by atoms with Crippen LogP contribution in [0.3, 0.4) is 0 Å². The fraction of sp³-hybridized carbons (Fsp3) is 0.308. The summed E-state index contributed by atoms with van der Waals surface area (Å²) >= 11 is 0. The van der Waals surface area contributed by atoms with Gasteiger partial charge in [-0.15, -0.1) is 0 Å². The third-order valence-corrected chi connectivity index (χ3v) is 8.66. The zero-order valence-corrected chi connectivity index (χ0v) is 22.1. The highest BCUT2D eigenvalue weighted by molar-refractivity contribution is 7.89. The summed E-state index contributed by atoms with van der Waals surface area (Å²) < 4.78 is 39.7. The van der Waals surface area contributed by atoms with Crippen LogP contribution < -0.4 is 25.0 Å². The maximum atomic E-state index is 13.7. The number of benzene rings is 3. The molecule has 0 bridgehead atoms. The van der Waals surface area contributed by atoms with E-state index in [1.54, 1.807) is 38.5 Å². The van der Waals surface area contributed by atoms with E-state index in [-0.39, 0.29) is 0 Å². The van der Waals surface area contributed by atoms with Crippen LogP contribution in [0.2, 0.25) is 0 Å². The summed E-state index contributed by atoms with van der Waals surface area (Å²) in [4.78, 5) is 13.4. The van der Waals surface area contributed by atoms with E-state index in [2.05, 4.69) is 9.97 Å². The lowest BCUT2D eigenvalue weighted by atomic mass is 10.1. The van der Waals surface area contributed by atoms with Gasteiger partial charge in [0.1, 0.15) is 5.82 Å². The number of hydrogen-bond donors (Lipinski definition) is 1. The first kappa shape index (κ1) is 24.8. The standard InChI is InChI=1S/C26H30N6O4S/c1-30(2)21-9-5-8-18-17(21)7-6-10-24(18)37(33,34)32-13-11-31(12-14-32)26-28-20-16-23(36-4)22(35-3)15-19(20)25(27)29-26/h5-10,15-16H,11-14H2,1-4H3,(H2,27,28,29). The third kappa shape index (κ3) is 4.34. The van der Waals surface area contributed by atoms with Gasteiger partial charge in [-0.25, -0.2) is 13.4 Å². The normalized spacial score (nSPS) is 14.8. The van der Waals surface area contributed by atoms with Crippen LogP contribution >= 0.6 is 0 Å². The molecular formula is C26H30N6O4S. The molecule has 37 heavy (non-hydrogen) atoms. The first-order valence-electron chi connectivity index (χ1n) is 11.9. The van der Waals surface area contributed by atoms with Crippen molar-refractivity contribution < 1.29 is 17.9 Å². The highest BCUT2D eigenvalue weighted by atomic mass is 32.2. The van der Waals surface area contributed by atoms with Gasteiger partial charge < -0.3 is 25.0 Å². The molecule has 0 saturated carbocycles. The van der Waals surface area contributed by atoms with Crippen LogP contribution in [0.5, 0.6) is 11.5 Å². The van der Waals surface area contributed by atoms with Crippen LogP contribution in [0, 0.1) is 0 Å². The van der Waals surface area contributed by atoms with E-state index in [0.717, 1.165) is 11.1 Å². The van der Waals surface area contributed by atoms with Gasteiger partial charge in [-0.1, -0.05) is 24.3 Å². The summed E-state index contributed by atoms with van der Waals surface area (Å²) in [5.41, 5.74) is 7.85. The fourth-order valence-corrected chi connectivity index (χ4v) is 6.38. The average molecular weight is 523 g/mol. The Morgan fingerprint density at radius 1 is 0.865 bits per heavy atom. The Hall–Kier alpha value is -3.83. The number of nitrogens with zero attached hydrogens (tertiary/aromatic N) is 5. The van der Waals surface area contributed by atoms with Crippen LogP contribution in [-0.4, -0.2) is 77.2 Å². The van der Waals surface area contributed by atoms with Crippen molar-refractivity contribution in [2.24, 2.45) is 0 Å². The second-order valence-electron chi connectivity index (χ2n) is 9.05. The molecule has 5 rings (SSSR count). The van der Waals surface area contributed by atoms with Crippen molar-refractivity contribution in [3.05, 3.63) is 48.5 Å². The Kier molecular flexibility index (Phi) is 6.42. The van der Waals surface area contributed by atoms with Gasteiger partial charge in [0.05, 0.1) is 24.6 Å². The van der Waals surface area contributed by atoms with Gasteiger partial charge in [0.25, 0.3) is 0 Å². The van der Waals surface area contributed by atoms with Crippen molar-refractivity contribution in [2.45, 2.75) is 4.90 Å². The molecule has 4 aromatic rings. The van der Waals surface area contributed by atoms with E-state index in [1.165, 1.54) is 4.31 Å². The molecule has 2 N–H and O–H groups in total. The molecular weight excluding hydrogens is 492 g/mol. The zero-order valence-electron chi connectivity index (χ0n) is 21.3. The lowest BCUT2D eigenvalue weighted by Gasteiger charge is -2.34. The molecule has 1 aromatic heterocycles. The van der Waals surface area contributed by atoms with Crippen molar-refractivity contribution in [3.8, 4) is 11.5 Å². The number of fused-ring (bicyclic) bond motifs is 2. The van der Waals surface area contributed by atoms with Crippen molar-refractivity contribution in [1.29, 1.82) is 0 Å². The number of aromatic nitrogens is 2. The highest BCUT2D eigenvalue weighted by Gasteiger charge is 2.31. The van der Waals surface area contributed by atoms with Gasteiger partial charge in [-0.3, -0.25) is 0 Å². The third-order valence-electron chi connectivity index (χ3n) is 6.70. The maximum Gasteiger partial charge on any atom is 0.243 e. The van der Waals surface area contributed by atoms with Crippen LogP contribution in [0.4, 0.5) is 17.5 Å². The van der Waals surface area contributed by atoms with Crippen molar-refractivity contribution in [2.75, 3.05) is 70.0 Å². The Balaban J connectivity index is 1.41. The molecule has 0 unspecified atom stereocenters. The molecule has 1 saturated heterocycles. The molecule has 10 nitrogen and oxygen atoms in total. The highest BCUT2D eigenvalue weighted by Crippen LogP contribution is 2.35. The minimum Gasteiger partial charge on any atom is -0.493 e. The molecule has 3 aromatic carbocycles. The van der Waals surface area contributed by atoms with Gasteiger partial charge in [-0.05, 0) is 18.2 Å². The fourth-order valence-electron chi connectivity index (χ4n) is 4.76. The van der Waals surface area contributed by atoms with E-state index >= 15 is 0 Å². The predicted octanol–water partition coefficient (Wildman–Crippen LogP) is 2.96. The van der Waals surface area contributed by atoms with E-state index < -0.39 is 10.0 Å². The number of nitrogens with two attached hydrogens (primary N) is 1. The first-order valence-corrected chi connectivity index (χ1v) is 13.3. The number of sulfonamides is 1. The zero-order chi connectivity index (χ0) is 26.3. The number of methoxy groups -OCH3 is 2. The summed E-state index contributed by atoms with van der Waals surface area (Å²) in [7, 11) is 3.31. The minimum atomic E-state index is -3.70. The summed E-state index contributed by atoms with van der Waals surface area (Å²) in [6.07, 6.45) is 0. The molecule has 11 heteroatoms. The smallest absolute Gasteiger partial charge is 0.243 e. The summed E-state index contributed by atoms with van der Waals surface area (Å²) in [6.45, 7) is 1.48. The summed E-state index contributed by atoms with van der Waals surface area (Å²) in [6, 6.07) is 14.7. The Morgan fingerprint density at radius 2 is 1.51 bits per heavy atom. The SMILES string of the molecule is COc1cc2nc(N3CCN(S(=O)(=O)c4cccc5c(N(C)C)cccc45)CC3)nc(N)c2cc1OC. The molecule has 1 aliphatic heterocycles. The van der Waals surface area contributed by atoms with Crippen LogP contribution in [-0.2, 0) is 10.0 Å². The van der Waals surface area contributed by atoms with Gasteiger partial charge in [0.15, 0.2) is 11.5 Å². The van der Waals surface area contributed by atoms with Crippen molar-refractivity contribution in [1.82, 2.24) is 14.3 Å².